The second kappa shape index (κ2) is 8.81. The molecule has 0 atom stereocenters. The fraction of sp³-hybridized carbons (Fsp3) is 0.571. The first kappa shape index (κ1) is 17.7. The van der Waals surface area contributed by atoms with Crippen molar-refractivity contribution in [1.29, 1.82) is 0 Å². The molecule has 22 heavy (non-hydrogen) atoms. The van der Waals surface area contributed by atoms with Crippen LogP contribution in [0.25, 0.3) is 0 Å². The van der Waals surface area contributed by atoms with Crippen LogP contribution in [-0.4, -0.2) is 65.5 Å². The molecule has 0 amide bonds. The number of ether oxygens (including phenoxy) is 3. The molecule has 0 N–H and O–H groups in total. The van der Waals surface area contributed by atoms with Crippen LogP contribution in [0.15, 0.2) is 29.2 Å². The van der Waals surface area contributed by atoms with Gasteiger partial charge in [0.2, 0.25) is 10.0 Å². The van der Waals surface area contributed by atoms with E-state index in [1.807, 2.05) is 0 Å². The van der Waals surface area contributed by atoms with Crippen molar-refractivity contribution in [3.63, 3.8) is 0 Å². The van der Waals surface area contributed by atoms with Gasteiger partial charge in [0.05, 0.1) is 44.5 Å². The van der Waals surface area contributed by atoms with Crippen LogP contribution in [0.5, 0.6) is 0 Å². The lowest BCUT2D eigenvalue weighted by Crippen LogP contribution is -2.37. The van der Waals surface area contributed by atoms with Crippen molar-refractivity contribution >= 4 is 21.6 Å². The van der Waals surface area contributed by atoms with E-state index < -0.39 is 10.0 Å². The Morgan fingerprint density at radius 1 is 0.818 bits per heavy atom. The molecule has 0 unspecified atom stereocenters. The van der Waals surface area contributed by atoms with Gasteiger partial charge in [-0.15, -0.1) is 0 Å². The summed E-state index contributed by atoms with van der Waals surface area (Å²) in [5.41, 5.74) is 0. The highest BCUT2D eigenvalue weighted by molar-refractivity contribution is 7.89. The lowest BCUT2D eigenvalue weighted by atomic mass is 10.4. The van der Waals surface area contributed by atoms with Gasteiger partial charge in [-0.25, -0.2) is 8.42 Å². The molecular formula is C14H20ClNO5S. The van der Waals surface area contributed by atoms with Gasteiger partial charge in [0.1, 0.15) is 0 Å². The Morgan fingerprint density at radius 2 is 1.27 bits per heavy atom. The first-order valence-corrected chi connectivity index (χ1v) is 8.91. The van der Waals surface area contributed by atoms with E-state index in [1.165, 1.54) is 16.4 Å². The standard InChI is InChI=1S/C14H20ClNO5S/c15-13-1-3-14(4-2-13)22(17,18)16-5-7-19-9-11-21-12-10-20-8-6-16/h1-4H,5-12H2. The van der Waals surface area contributed by atoms with Crippen molar-refractivity contribution in [3.05, 3.63) is 29.3 Å². The lowest BCUT2D eigenvalue weighted by Gasteiger charge is -2.23. The van der Waals surface area contributed by atoms with E-state index in [0.29, 0.717) is 44.7 Å². The van der Waals surface area contributed by atoms with Gasteiger partial charge in [0.25, 0.3) is 0 Å². The van der Waals surface area contributed by atoms with Gasteiger partial charge >= 0.3 is 0 Å². The van der Waals surface area contributed by atoms with E-state index in [0.717, 1.165) is 0 Å². The fourth-order valence-electron chi connectivity index (χ4n) is 1.98. The van der Waals surface area contributed by atoms with E-state index in [9.17, 15) is 8.42 Å². The summed E-state index contributed by atoms with van der Waals surface area (Å²) < 4.78 is 42.8. The summed E-state index contributed by atoms with van der Waals surface area (Å²) in [5, 5.41) is 0.499. The predicted octanol–water partition coefficient (Wildman–Crippen LogP) is 1.39. The van der Waals surface area contributed by atoms with Gasteiger partial charge in [-0.05, 0) is 24.3 Å². The molecular weight excluding hydrogens is 330 g/mol. The Labute approximate surface area is 136 Å². The van der Waals surface area contributed by atoms with Crippen LogP contribution < -0.4 is 0 Å². The zero-order chi connectivity index (χ0) is 15.8. The molecule has 0 saturated carbocycles. The first-order chi connectivity index (χ1) is 10.6. The highest BCUT2D eigenvalue weighted by atomic mass is 35.5. The van der Waals surface area contributed by atoms with Crippen molar-refractivity contribution in [3.8, 4) is 0 Å². The van der Waals surface area contributed by atoms with Gasteiger partial charge in [-0.2, -0.15) is 4.31 Å². The quantitative estimate of drug-likeness (QED) is 0.807. The average Bonchev–Trinajstić information content (AvgIpc) is 2.48. The van der Waals surface area contributed by atoms with Crippen molar-refractivity contribution in [2.75, 3.05) is 52.7 Å². The summed E-state index contributed by atoms with van der Waals surface area (Å²) in [5.74, 6) is 0. The van der Waals surface area contributed by atoms with Gasteiger partial charge in [0.15, 0.2) is 0 Å². The summed E-state index contributed by atoms with van der Waals surface area (Å²) >= 11 is 5.81. The Hall–Kier alpha value is -0.700. The molecule has 1 aliphatic heterocycles. The molecule has 1 aliphatic rings. The predicted molar refractivity (Wildman–Crippen MR) is 82.7 cm³/mol. The maximum Gasteiger partial charge on any atom is 0.243 e. The molecule has 1 aromatic rings. The van der Waals surface area contributed by atoms with Crippen LogP contribution in [0.1, 0.15) is 0 Å². The van der Waals surface area contributed by atoms with Crippen LogP contribution >= 0.6 is 11.6 Å². The fourth-order valence-corrected chi connectivity index (χ4v) is 3.52. The van der Waals surface area contributed by atoms with Gasteiger partial charge in [0, 0.05) is 18.1 Å². The Morgan fingerprint density at radius 3 is 1.77 bits per heavy atom. The highest BCUT2D eigenvalue weighted by Gasteiger charge is 2.24. The summed E-state index contributed by atoms with van der Waals surface area (Å²) in [6.07, 6.45) is 0. The van der Waals surface area contributed by atoms with Crippen LogP contribution in [-0.2, 0) is 24.2 Å². The van der Waals surface area contributed by atoms with Crippen molar-refractivity contribution < 1.29 is 22.6 Å². The number of hydrogen-bond donors (Lipinski definition) is 0. The maximum atomic E-state index is 12.7. The zero-order valence-corrected chi connectivity index (χ0v) is 13.8. The summed E-state index contributed by atoms with van der Waals surface area (Å²) in [6.45, 7) is 3.01. The number of benzene rings is 1. The van der Waals surface area contributed by atoms with Crippen LogP contribution in [0.3, 0.4) is 0 Å². The molecule has 1 fully saturated rings. The highest BCUT2D eigenvalue weighted by Crippen LogP contribution is 2.18. The molecule has 0 bridgehead atoms. The summed E-state index contributed by atoms with van der Waals surface area (Å²) in [4.78, 5) is 0.215. The molecule has 1 saturated heterocycles. The second-order valence-corrected chi connectivity index (χ2v) is 7.07. The molecule has 6 nitrogen and oxygen atoms in total. The first-order valence-electron chi connectivity index (χ1n) is 7.09. The monoisotopic (exact) mass is 349 g/mol. The topological polar surface area (TPSA) is 65.1 Å². The lowest BCUT2D eigenvalue weighted by molar-refractivity contribution is 0.00270. The molecule has 124 valence electrons. The molecule has 1 heterocycles. The van der Waals surface area contributed by atoms with Crippen LogP contribution in [0.4, 0.5) is 0 Å². The minimum Gasteiger partial charge on any atom is -0.378 e. The Balaban J connectivity index is 2.08. The number of halogens is 1. The average molecular weight is 350 g/mol. The Kier molecular flexibility index (Phi) is 7.07. The zero-order valence-electron chi connectivity index (χ0n) is 12.2. The van der Waals surface area contributed by atoms with E-state index in [4.69, 9.17) is 25.8 Å². The number of sulfonamides is 1. The van der Waals surface area contributed by atoms with E-state index in [2.05, 4.69) is 0 Å². The van der Waals surface area contributed by atoms with Gasteiger partial charge < -0.3 is 14.2 Å². The third kappa shape index (κ3) is 5.19. The number of rotatable bonds is 2. The summed E-state index contributed by atoms with van der Waals surface area (Å²) in [6, 6.07) is 6.14. The third-order valence-corrected chi connectivity index (χ3v) is 5.33. The SMILES string of the molecule is O=S(=O)(c1ccc(Cl)cc1)N1CCOCCOCCOCC1. The maximum absolute atomic E-state index is 12.7. The molecule has 1 aromatic carbocycles. The van der Waals surface area contributed by atoms with Crippen molar-refractivity contribution in [2.24, 2.45) is 0 Å². The second-order valence-electron chi connectivity index (χ2n) is 4.70. The number of nitrogens with zero attached hydrogens (tertiary/aromatic N) is 1. The minimum atomic E-state index is -3.58. The molecule has 8 heteroatoms. The number of hydrogen-bond acceptors (Lipinski definition) is 5. The largest absolute Gasteiger partial charge is 0.378 e. The van der Waals surface area contributed by atoms with Gasteiger partial charge in [-0.3, -0.25) is 0 Å². The summed E-state index contributed by atoms with van der Waals surface area (Å²) in [7, 11) is -3.58. The smallest absolute Gasteiger partial charge is 0.243 e. The molecule has 2 rings (SSSR count). The van der Waals surface area contributed by atoms with Crippen LogP contribution in [0.2, 0.25) is 5.02 Å². The minimum absolute atomic E-state index is 0.215. The van der Waals surface area contributed by atoms with Crippen LogP contribution in [0, 0.1) is 0 Å². The van der Waals surface area contributed by atoms with Crippen molar-refractivity contribution in [1.82, 2.24) is 4.31 Å². The molecule has 0 radical (unpaired) electrons. The molecule has 0 aromatic heterocycles. The van der Waals surface area contributed by atoms with E-state index >= 15 is 0 Å². The van der Waals surface area contributed by atoms with Crippen molar-refractivity contribution in [2.45, 2.75) is 4.90 Å². The molecule has 0 aliphatic carbocycles. The third-order valence-electron chi connectivity index (χ3n) is 3.17. The van der Waals surface area contributed by atoms with E-state index in [-0.39, 0.29) is 18.0 Å². The van der Waals surface area contributed by atoms with E-state index in [1.54, 1.807) is 12.1 Å². The normalized spacial score (nSPS) is 20.0. The molecule has 0 spiro atoms. The Bertz CT molecular complexity index is 537. The van der Waals surface area contributed by atoms with Gasteiger partial charge in [-0.1, -0.05) is 11.6 Å².